The Bertz CT molecular complexity index is 1350. The maximum Gasteiger partial charge on any atom is 0.193 e. The van der Waals surface area contributed by atoms with Crippen molar-refractivity contribution in [3.63, 3.8) is 0 Å². The highest BCUT2D eigenvalue weighted by atomic mass is 16.5. The number of ketones is 1. The molecule has 0 N–H and O–H groups in total. The minimum Gasteiger partial charge on any atom is -0.497 e. The lowest BCUT2D eigenvalue weighted by atomic mass is 9.97. The van der Waals surface area contributed by atoms with Crippen LogP contribution in [0.25, 0.3) is 0 Å². The number of methoxy groups -OCH3 is 1. The minimum atomic E-state index is -0.00443. The fourth-order valence-corrected chi connectivity index (χ4v) is 7.57. The fraction of sp³-hybridized carbons (Fsp3) is 0.457. The number of carbonyl (C=O) groups excluding carboxylic acids is 1. The maximum atomic E-state index is 13.1. The van der Waals surface area contributed by atoms with Gasteiger partial charge in [-0.05, 0) is 73.2 Å². The fourth-order valence-electron chi connectivity index (χ4n) is 7.57. The molecule has 4 bridgehead atoms. The summed E-state index contributed by atoms with van der Waals surface area (Å²) < 4.78 is 14.2. The molecule has 6 heterocycles. The van der Waals surface area contributed by atoms with Gasteiger partial charge in [-0.15, -0.1) is 0 Å². The van der Waals surface area contributed by atoms with E-state index in [0.717, 1.165) is 30.3 Å². The van der Waals surface area contributed by atoms with Crippen molar-refractivity contribution in [1.82, 2.24) is 9.80 Å². The molecule has 9 rings (SSSR count). The van der Waals surface area contributed by atoms with Gasteiger partial charge in [-0.25, -0.2) is 0 Å². The second kappa shape index (κ2) is 11.1. The molecule has 0 unspecified atom stereocenters. The van der Waals surface area contributed by atoms with Crippen molar-refractivity contribution in [2.75, 3.05) is 85.6 Å². The van der Waals surface area contributed by atoms with Crippen LogP contribution in [0, 0.1) is 6.92 Å². The SMILES string of the molecule is COc1ccc(C(=O)c2ccc(Oc3cc(C[N+]45CCN(CC4)CC5)c(C)c(C[N+]45CCN(CC4)CC5)c3)cc2)cc1. The van der Waals surface area contributed by atoms with Gasteiger partial charge in [0, 0.05) is 61.5 Å². The summed E-state index contributed by atoms with van der Waals surface area (Å²) in [6.45, 7) is 19.4. The third-order valence-corrected chi connectivity index (χ3v) is 10.7. The highest BCUT2D eigenvalue weighted by Crippen LogP contribution is 2.34. The third-order valence-electron chi connectivity index (χ3n) is 10.7. The predicted octanol–water partition coefficient (Wildman–Crippen LogP) is 4.32. The van der Waals surface area contributed by atoms with Crippen molar-refractivity contribution in [1.29, 1.82) is 0 Å². The van der Waals surface area contributed by atoms with Crippen LogP contribution < -0.4 is 9.47 Å². The van der Waals surface area contributed by atoms with Crippen LogP contribution in [-0.2, 0) is 13.1 Å². The van der Waals surface area contributed by atoms with E-state index in [4.69, 9.17) is 9.47 Å². The number of benzene rings is 3. The number of hydrogen-bond acceptors (Lipinski definition) is 5. The number of piperazine rings is 6. The lowest BCUT2D eigenvalue weighted by Crippen LogP contribution is -2.67. The zero-order valence-corrected chi connectivity index (χ0v) is 25.2. The van der Waals surface area contributed by atoms with Gasteiger partial charge in [-0.3, -0.25) is 14.6 Å². The molecule has 6 aliphatic rings. The molecule has 0 aromatic heterocycles. The Hall–Kier alpha value is -3.23. The predicted molar refractivity (Wildman–Crippen MR) is 164 cm³/mol. The van der Waals surface area contributed by atoms with Gasteiger partial charge in [0.25, 0.3) is 0 Å². The van der Waals surface area contributed by atoms with Gasteiger partial charge in [0.1, 0.15) is 30.3 Å². The van der Waals surface area contributed by atoms with Gasteiger partial charge in [0.05, 0.1) is 46.4 Å². The normalized spacial score (nSPS) is 28.0. The van der Waals surface area contributed by atoms with Crippen LogP contribution in [-0.4, -0.2) is 110 Å². The molecule has 0 amide bonds. The molecule has 7 nitrogen and oxygen atoms in total. The first-order chi connectivity index (χ1) is 20.4. The summed E-state index contributed by atoms with van der Waals surface area (Å²) >= 11 is 0. The average Bonchev–Trinajstić information content (AvgIpc) is 3.05. The van der Waals surface area contributed by atoms with Crippen molar-refractivity contribution in [3.05, 3.63) is 88.5 Å². The summed E-state index contributed by atoms with van der Waals surface area (Å²) in [5, 5.41) is 0. The molecule has 220 valence electrons. The maximum absolute atomic E-state index is 13.1. The summed E-state index contributed by atoms with van der Waals surface area (Å²) in [7, 11) is 1.63. The number of carbonyl (C=O) groups is 1. The molecule has 6 fully saturated rings. The summed E-state index contributed by atoms with van der Waals surface area (Å²) in [5.41, 5.74) is 5.65. The van der Waals surface area contributed by atoms with Crippen LogP contribution >= 0.6 is 0 Å². The van der Waals surface area contributed by atoms with Crippen molar-refractivity contribution in [3.8, 4) is 17.2 Å². The average molecular weight is 569 g/mol. The summed E-state index contributed by atoms with van der Waals surface area (Å²) in [6.07, 6.45) is 0. The number of quaternary nitrogens is 2. The summed E-state index contributed by atoms with van der Waals surface area (Å²) in [5.74, 6) is 2.42. The van der Waals surface area contributed by atoms with Gasteiger partial charge in [-0.1, -0.05) is 0 Å². The summed E-state index contributed by atoms with van der Waals surface area (Å²) in [4.78, 5) is 18.3. The monoisotopic (exact) mass is 568 g/mol. The molecule has 0 atom stereocenters. The van der Waals surface area contributed by atoms with Crippen LogP contribution in [0.3, 0.4) is 0 Å². The van der Waals surface area contributed by atoms with Crippen LogP contribution in [0.4, 0.5) is 0 Å². The molecule has 42 heavy (non-hydrogen) atoms. The highest BCUT2D eigenvalue weighted by Gasteiger charge is 2.41. The number of nitrogens with zero attached hydrogens (tertiary/aromatic N) is 4. The molecule has 0 spiro atoms. The van der Waals surface area contributed by atoms with Gasteiger partial charge in [0.15, 0.2) is 5.78 Å². The van der Waals surface area contributed by atoms with Gasteiger partial charge in [0.2, 0.25) is 0 Å². The lowest BCUT2D eigenvalue weighted by Gasteiger charge is -2.51. The topological polar surface area (TPSA) is 42.0 Å². The van der Waals surface area contributed by atoms with Crippen LogP contribution in [0.1, 0.15) is 32.6 Å². The van der Waals surface area contributed by atoms with E-state index in [9.17, 15) is 4.79 Å². The van der Waals surface area contributed by atoms with E-state index in [1.165, 1.54) is 104 Å². The first-order valence-electron chi connectivity index (χ1n) is 15.7. The Kier molecular flexibility index (Phi) is 7.31. The van der Waals surface area contributed by atoms with Crippen molar-refractivity contribution >= 4 is 5.78 Å². The Morgan fingerprint density at radius 3 is 1.45 bits per heavy atom. The van der Waals surface area contributed by atoms with E-state index in [1.54, 1.807) is 7.11 Å². The van der Waals surface area contributed by atoms with E-state index in [2.05, 4.69) is 28.9 Å². The van der Waals surface area contributed by atoms with Gasteiger partial charge >= 0.3 is 0 Å². The second-order valence-corrected chi connectivity index (χ2v) is 13.1. The van der Waals surface area contributed by atoms with Crippen LogP contribution in [0.5, 0.6) is 17.2 Å². The molecule has 0 radical (unpaired) electrons. The second-order valence-electron chi connectivity index (χ2n) is 13.1. The first kappa shape index (κ1) is 27.6. The molecule has 0 aliphatic carbocycles. The van der Waals surface area contributed by atoms with Crippen molar-refractivity contribution in [2.45, 2.75) is 20.0 Å². The van der Waals surface area contributed by atoms with Gasteiger partial charge in [-0.2, -0.15) is 0 Å². The standard InChI is InChI=1S/C35H44N4O3/c1-27-30(25-38-17-11-36(12-18-38)13-19-38)23-34(24-31(27)26-39-20-14-37(15-21-39)16-22-39)42-33-9-5-29(6-10-33)35(40)28-3-7-32(41-2)8-4-28/h3-10,23-24H,11-22,25-26H2,1-2H3/q+2. The molecular weight excluding hydrogens is 524 g/mol. The molecule has 3 aromatic carbocycles. The van der Waals surface area contributed by atoms with Gasteiger partial charge < -0.3 is 18.4 Å². The Labute approximate surface area is 250 Å². The molecule has 3 aromatic rings. The largest absolute Gasteiger partial charge is 0.497 e. The Balaban J connectivity index is 1.15. The number of ether oxygens (including phenoxy) is 2. The lowest BCUT2D eigenvalue weighted by molar-refractivity contribution is -0.954. The zero-order chi connectivity index (χ0) is 28.7. The van der Waals surface area contributed by atoms with E-state index in [1.807, 2.05) is 48.5 Å². The number of rotatable bonds is 9. The smallest absolute Gasteiger partial charge is 0.193 e. The third kappa shape index (κ3) is 5.47. The molecule has 0 saturated carbocycles. The Morgan fingerprint density at radius 1 is 0.643 bits per heavy atom. The molecule has 6 saturated heterocycles. The minimum absolute atomic E-state index is 0.00443. The molecule has 6 aliphatic heterocycles. The quantitative estimate of drug-likeness (QED) is 0.284. The van der Waals surface area contributed by atoms with E-state index in [0.29, 0.717) is 11.1 Å². The first-order valence-corrected chi connectivity index (χ1v) is 15.7. The number of hydrogen-bond donors (Lipinski definition) is 0. The highest BCUT2D eigenvalue weighted by molar-refractivity contribution is 6.09. The van der Waals surface area contributed by atoms with E-state index >= 15 is 0 Å². The van der Waals surface area contributed by atoms with Crippen LogP contribution in [0.15, 0.2) is 60.7 Å². The Morgan fingerprint density at radius 2 is 1.05 bits per heavy atom. The van der Waals surface area contributed by atoms with E-state index < -0.39 is 0 Å². The molecular formula is C35H44N4O3+2. The summed E-state index contributed by atoms with van der Waals surface area (Å²) in [6, 6.07) is 19.5. The van der Waals surface area contributed by atoms with Crippen LogP contribution in [0.2, 0.25) is 0 Å². The molecule has 7 heteroatoms. The van der Waals surface area contributed by atoms with E-state index in [-0.39, 0.29) is 5.78 Å². The van der Waals surface area contributed by atoms with Crippen molar-refractivity contribution < 1.29 is 23.2 Å². The number of fused-ring (bicyclic) bond motifs is 6. The zero-order valence-electron chi connectivity index (χ0n) is 25.2. The van der Waals surface area contributed by atoms with Crippen molar-refractivity contribution in [2.24, 2.45) is 0 Å².